The molecule has 1 saturated heterocycles. The number of hydrogen-bond acceptors (Lipinski definition) is 4. The number of piperazine rings is 1. The lowest BCUT2D eigenvalue weighted by Gasteiger charge is -2.32. The van der Waals surface area contributed by atoms with Gasteiger partial charge >= 0.3 is 0 Å². The van der Waals surface area contributed by atoms with E-state index in [0.717, 1.165) is 31.9 Å². The summed E-state index contributed by atoms with van der Waals surface area (Å²) >= 11 is 6.26. The summed E-state index contributed by atoms with van der Waals surface area (Å²) in [5.41, 5.74) is 1.18. The van der Waals surface area contributed by atoms with Crippen LogP contribution in [0.2, 0.25) is 5.02 Å². The smallest absolute Gasteiger partial charge is 0.179 e. The summed E-state index contributed by atoms with van der Waals surface area (Å²) in [6.45, 7) is 7.45. The molecule has 0 bridgehead atoms. The van der Waals surface area contributed by atoms with Gasteiger partial charge in [0.05, 0.1) is 5.02 Å². The molecule has 3 rings (SSSR count). The highest BCUT2D eigenvalue weighted by molar-refractivity contribution is 6.32. The Morgan fingerprint density at radius 1 is 1.35 bits per heavy atom. The lowest BCUT2D eigenvalue weighted by atomic mass is 10.1. The van der Waals surface area contributed by atoms with Gasteiger partial charge in [0.25, 0.3) is 0 Å². The van der Waals surface area contributed by atoms with Crippen molar-refractivity contribution in [3.05, 3.63) is 22.7 Å². The molecule has 0 radical (unpaired) electrons. The Kier molecular flexibility index (Phi) is 5.38. The molecule has 1 fully saturated rings. The molecule has 2 aliphatic rings. The van der Waals surface area contributed by atoms with Crippen molar-refractivity contribution >= 4 is 24.0 Å². The van der Waals surface area contributed by atoms with Crippen molar-refractivity contribution in [3.63, 3.8) is 0 Å². The maximum absolute atomic E-state index is 6.26. The number of fused-ring (bicyclic) bond motifs is 1. The Morgan fingerprint density at radius 3 is 2.95 bits per heavy atom. The Bertz CT molecular complexity index is 471. The minimum atomic E-state index is 0. The molecule has 4 nitrogen and oxygen atoms in total. The van der Waals surface area contributed by atoms with E-state index in [1.807, 2.05) is 12.1 Å². The summed E-state index contributed by atoms with van der Waals surface area (Å²) in [5.74, 6) is 1.46. The molecule has 0 spiro atoms. The Labute approximate surface area is 130 Å². The zero-order valence-corrected chi connectivity index (χ0v) is 13.1. The van der Waals surface area contributed by atoms with Gasteiger partial charge in [0.15, 0.2) is 11.5 Å². The van der Waals surface area contributed by atoms with Crippen molar-refractivity contribution in [1.29, 1.82) is 0 Å². The fourth-order valence-corrected chi connectivity index (χ4v) is 2.96. The van der Waals surface area contributed by atoms with Gasteiger partial charge in [-0.15, -0.1) is 12.4 Å². The number of hydrogen-bond donors (Lipinski definition) is 1. The van der Waals surface area contributed by atoms with Crippen LogP contribution in [0.5, 0.6) is 11.5 Å². The molecule has 2 heterocycles. The normalized spacial score (nSPS) is 22.2. The lowest BCUT2D eigenvalue weighted by Crippen LogP contribution is -2.48. The van der Waals surface area contributed by atoms with Crippen molar-refractivity contribution in [3.8, 4) is 11.5 Å². The number of rotatable bonds is 2. The first-order valence-electron chi connectivity index (χ1n) is 6.76. The number of nitrogens with one attached hydrogen (secondary N) is 1. The summed E-state index contributed by atoms with van der Waals surface area (Å²) < 4.78 is 11.2. The molecule has 0 aliphatic carbocycles. The minimum absolute atomic E-state index is 0. The van der Waals surface area contributed by atoms with Gasteiger partial charge in [-0.25, -0.2) is 0 Å². The molecule has 1 unspecified atom stereocenters. The van der Waals surface area contributed by atoms with Crippen molar-refractivity contribution in [2.45, 2.75) is 19.5 Å². The molecule has 0 amide bonds. The first-order valence-corrected chi connectivity index (χ1v) is 7.14. The van der Waals surface area contributed by atoms with Crippen LogP contribution in [0.15, 0.2) is 12.1 Å². The molecule has 1 atom stereocenters. The summed E-state index contributed by atoms with van der Waals surface area (Å²) in [6, 6.07) is 4.58. The third-order valence-corrected chi connectivity index (χ3v) is 3.80. The fourth-order valence-electron chi connectivity index (χ4n) is 2.67. The second-order valence-corrected chi connectivity index (χ2v) is 5.60. The topological polar surface area (TPSA) is 33.7 Å². The fraction of sp³-hybridized carbons (Fsp3) is 0.571. The van der Waals surface area contributed by atoms with E-state index in [4.69, 9.17) is 21.1 Å². The average Bonchev–Trinajstić information content (AvgIpc) is 2.39. The third kappa shape index (κ3) is 3.50. The van der Waals surface area contributed by atoms with E-state index in [0.29, 0.717) is 30.0 Å². The molecule has 1 aromatic carbocycles. The van der Waals surface area contributed by atoms with Crippen LogP contribution < -0.4 is 14.8 Å². The Hall–Kier alpha value is -0.680. The van der Waals surface area contributed by atoms with Gasteiger partial charge in [-0.2, -0.15) is 0 Å². The summed E-state index contributed by atoms with van der Waals surface area (Å²) in [5, 5.41) is 4.10. The SMILES string of the molecule is CC1CN(Cc2cc(Cl)c3c(c2)OCCO3)CCN1.Cl. The van der Waals surface area contributed by atoms with Gasteiger partial charge in [-0.3, -0.25) is 4.90 Å². The molecule has 2 aliphatic heterocycles. The van der Waals surface area contributed by atoms with Crippen molar-refractivity contribution < 1.29 is 9.47 Å². The van der Waals surface area contributed by atoms with E-state index >= 15 is 0 Å². The quantitative estimate of drug-likeness (QED) is 0.907. The number of ether oxygens (including phenoxy) is 2. The van der Waals surface area contributed by atoms with E-state index in [2.05, 4.69) is 17.1 Å². The van der Waals surface area contributed by atoms with Crippen LogP contribution in [0.3, 0.4) is 0 Å². The third-order valence-electron chi connectivity index (χ3n) is 3.52. The summed E-state index contributed by atoms with van der Waals surface area (Å²) in [4.78, 5) is 2.43. The highest BCUT2D eigenvalue weighted by Gasteiger charge is 2.19. The molecule has 1 N–H and O–H groups in total. The molecule has 6 heteroatoms. The molecule has 0 saturated carbocycles. The zero-order valence-electron chi connectivity index (χ0n) is 11.5. The number of nitrogens with zero attached hydrogens (tertiary/aromatic N) is 1. The minimum Gasteiger partial charge on any atom is -0.486 e. The van der Waals surface area contributed by atoms with E-state index in [1.54, 1.807) is 0 Å². The highest BCUT2D eigenvalue weighted by Crippen LogP contribution is 2.38. The predicted molar refractivity (Wildman–Crippen MR) is 82.4 cm³/mol. The largest absolute Gasteiger partial charge is 0.486 e. The molecule has 1 aromatic rings. The molecule has 0 aromatic heterocycles. The molecular formula is C14H20Cl2N2O2. The van der Waals surface area contributed by atoms with Crippen LogP contribution in [0, 0.1) is 0 Å². The van der Waals surface area contributed by atoms with E-state index in [9.17, 15) is 0 Å². The molecule has 112 valence electrons. The first kappa shape index (κ1) is 15.7. The van der Waals surface area contributed by atoms with Gasteiger partial charge in [0, 0.05) is 32.2 Å². The number of halogens is 2. The van der Waals surface area contributed by atoms with Crippen molar-refractivity contribution in [2.75, 3.05) is 32.8 Å². The zero-order chi connectivity index (χ0) is 13.2. The standard InChI is InChI=1S/C14H19ClN2O2.ClH/c1-10-8-17(3-2-16-10)9-11-6-12(15)14-13(7-11)18-4-5-19-14;/h6-7,10,16H,2-5,8-9H2,1H3;1H. The van der Waals surface area contributed by atoms with Gasteiger partial charge in [-0.1, -0.05) is 11.6 Å². The van der Waals surface area contributed by atoms with Crippen molar-refractivity contribution in [2.24, 2.45) is 0 Å². The second-order valence-electron chi connectivity index (χ2n) is 5.19. The Morgan fingerprint density at radius 2 is 2.15 bits per heavy atom. The molecular weight excluding hydrogens is 299 g/mol. The van der Waals surface area contributed by atoms with E-state index < -0.39 is 0 Å². The lowest BCUT2D eigenvalue weighted by molar-refractivity contribution is 0.170. The first-order chi connectivity index (χ1) is 9.22. The van der Waals surface area contributed by atoms with Gasteiger partial charge < -0.3 is 14.8 Å². The van der Waals surface area contributed by atoms with Crippen LogP contribution in [0.4, 0.5) is 0 Å². The number of benzene rings is 1. The maximum atomic E-state index is 6.26. The van der Waals surface area contributed by atoms with Crippen LogP contribution >= 0.6 is 24.0 Å². The molecule has 20 heavy (non-hydrogen) atoms. The average molecular weight is 319 g/mol. The summed E-state index contributed by atoms with van der Waals surface area (Å²) in [6.07, 6.45) is 0. The highest BCUT2D eigenvalue weighted by atomic mass is 35.5. The van der Waals surface area contributed by atoms with Crippen LogP contribution in [-0.4, -0.2) is 43.8 Å². The van der Waals surface area contributed by atoms with Crippen LogP contribution in [0.1, 0.15) is 12.5 Å². The van der Waals surface area contributed by atoms with Gasteiger partial charge in [-0.05, 0) is 24.6 Å². The second kappa shape index (κ2) is 6.85. The van der Waals surface area contributed by atoms with Gasteiger partial charge in [0.2, 0.25) is 0 Å². The summed E-state index contributed by atoms with van der Waals surface area (Å²) in [7, 11) is 0. The predicted octanol–water partition coefficient (Wildman–Crippen LogP) is 2.33. The van der Waals surface area contributed by atoms with Gasteiger partial charge in [0.1, 0.15) is 13.2 Å². The van der Waals surface area contributed by atoms with E-state index in [-0.39, 0.29) is 12.4 Å². The van der Waals surface area contributed by atoms with Crippen LogP contribution in [0.25, 0.3) is 0 Å². The van der Waals surface area contributed by atoms with Crippen LogP contribution in [-0.2, 0) is 6.54 Å². The monoisotopic (exact) mass is 318 g/mol. The maximum Gasteiger partial charge on any atom is 0.179 e. The van der Waals surface area contributed by atoms with E-state index in [1.165, 1.54) is 5.56 Å². The van der Waals surface area contributed by atoms with Crippen molar-refractivity contribution in [1.82, 2.24) is 10.2 Å². The Balaban J connectivity index is 0.00000147.